The van der Waals surface area contributed by atoms with Crippen LogP contribution in [0, 0.1) is 5.82 Å². The molecule has 5 rings (SSSR count). The van der Waals surface area contributed by atoms with Crippen molar-refractivity contribution in [2.45, 2.75) is 49.9 Å². The monoisotopic (exact) mass is 567 g/mol. The molecule has 0 saturated carbocycles. The third kappa shape index (κ3) is 5.49. The summed E-state index contributed by atoms with van der Waals surface area (Å²) in [4.78, 5) is 14.7. The Morgan fingerprint density at radius 1 is 1.00 bits per heavy atom. The third-order valence-electron chi connectivity index (χ3n) is 7.39. The van der Waals surface area contributed by atoms with Crippen molar-refractivity contribution < 1.29 is 40.3 Å². The molecule has 2 aliphatic rings. The van der Waals surface area contributed by atoms with Crippen LogP contribution in [0.15, 0.2) is 60.9 Å². The van der Waals surface area contributed by atoms with Gasteiger partial charge < -0.3 is 9.64 Å². The molecule has 5 nitrogen and oxygen atoms in total. The summed E-state index contributed by atoms with van der Waals surface area (Å²) in [7, 11) is 1.74. The number of rotatable bonds is 5. The summed E-state index contributed by atoms with van der Waals surface area (Å²) in [5.74, 6) is -1.32. The second-order valence-electron chi connectivity index (χ2n) is 10.1. The summed E-state index contributed by atoms with van der Waals surface area (Å²) in [5.41, 5.74) is -1.07. The molecule has 0 N–H and O–H groups in total. The highest BCUT2D eigenvalue weighted by Crippen LogP contribution is 2.45. The van der Waals surface area contributed by atoms with Gasteiger partial charge >= 0.3 is 12.4 Å². The van der Waals surface area contributed by atoms with Crippen molar-refractivity contribution >= 4 is 11.5 Å². The zero-order chi connectivity index (χ0) is 29.0. The number of amides is 1. The summed E-state index contributed by atoms with van der Waals surface area (Å²) in [6, 6.07) is 6.50. The Kier molecular flexibility index (Phi) is 7.01. The van der Waals surface area contributed by atoms with Gasteiger partial charge in [0.25, 0.3) is 0 Å². The van der Waals surface area contributed by atoms with E-state index in [9.17, 15) is 35.5 Å². The molecule has 2 aromatic carbocycles. The number of fused-ring (bicyclic) bond motifs is 1. The van der Waals surface area contributed by atoms with Crippen LogP contribution in [0.5, 0.6) is 0 Å². The SMILES string of the molecule is CC(O[C@H]1CN2C(=O)C=C(c3cnn(C)c3)CC2C1c1ccc(F)cc1)c1cc(C(F)(F)F)cc(C(F)(F)F)c1. The molecule has 0 radical (unpaired) electrons. The highest BCUT2D eigenvalue weighted by atomic mass is 19.4. The minimum atomic E-state index is -5.00. The van der Waals surface area contributed by atoms with E-state index in [1.54, 1.807) is 41.2 Å². The van der Waals surface area contributed by atoms with Gasteiger partial charge in [-0.1, -0.05) is 12.1 Å². The van der Waals surface area contributed by atoms with Crippen molar-refractivity contribution in [3.05, 3.63) is 94.6 Å². The molecule has 0 bridgehead atoms. The number of aryl methyl sites for hydroxylation is 1. The summed E-state index contributed by atoms with van der Waals surface area (Å²) in [6.45, 7) is 1.42. The van der Waals surface area contributed by atoms with Crippen molar-refractivity contribution in [1.82, 2.24) is 14.7 Å². The van der Waals surface area contributed by atoms with Crippen molar-refractivity contribution in [3.63, 3.8) is 0 Å². The summed E-state index contributed by atoms with van der Waals surface area (Å²) < 4.78 is 102. The number of hydrogen-bond acceptors (Lipinski definition) is 3. The van der Waals surface area contributed by atoms with E-state index < -0.39 is 53.5 Å². The molecule has 3 unspecified atom stereocenters. The lowest BCUT2D eigenvalue weighted by atomic mass is 9.84. The molecular formula is C28H24F7N3O2. The van der Waals surface area contributed by atoms with Crippen LogP contribution >= 0.6 is 0 Å². The van der Waals surface area contributed by atoms with Crippen molar-refractivity contribution in [1.29, 1.82) is 0 Å². The Hall–Kier alpha value is -3.67. The molecule has 40 heavy (non-hydrogen) atoms. The normalized spacial score (nSPS) is 22.3. The molecule has 1 fully saturated rings. The third-order valence-corrected chi connectivity index (χ3v) is 7.39. The van der Waals surface area contributed by atoms with Gasteiger partial charge in [-0.2, -0.15) is 31.4 Å². The number of halogens is 7. The molecule has 3 aromatic rings. The Bertz CT molecular complexity index is 1410. The molecular weight excluding hydrogens is 543 g/mol. The van der Waals surface area contributed by atoms with E-state index in [1.807, 2.05) is 0 Å². The maximum atomic E-state index is 13.8. The van der Waals surface area contributed by atoms with Gasteiger partial charge in [0.15, 0.2) is 0 Å². The Balaban J connectivity index is 1.49. The molecule has 1 amide bonds. The number of alkyl halides is 6. The maximum Gasteiger partial charge on any atom is 0.416 e. The number of ether oxygens (including phenoxy) is 1. The van der Waals surface area contributed by atoms with Gasteiger partial charge in [0.2, 0.25) is 5.91 Å². The first-order chi connectivity index (χ1) is 18.7. The molecule has 12 heteroatoms. The maximum absolute atomic E-state index is 13.8. The molecule has 1 saturated heterocycles. The Morgan fingerprint density at radius 2 is 1.62 bits per heavy atom. The van der Waals surface area contributed by atoms with Gasteiger partial charge in [-0.05, 0) is 60.4 Å². The minimum absolute atomic E-state index is 0.0534. The lowest BCUT2D eigenvalue weighted by molar-refractivity contribution is -0.143. The lowest BCUT2D eigenvalue weighted by Gasteiger charge is -2.32. The highest BCUT2D eigenvalue weighted by molar-refractivity contribution is 5.97. The number of carbonyl (C=O) groups is 1. The molecule has 3 heterocycles. The van der Waals surface area contributed by atoms with Gasteiger partial charge in [-0.15, -0.1) is 0 Å². The number of hydrogen-bond donors (Lipinski definition) is 0. The molecule has 4 atom stereocenters. The molecule has 2 aliphatic heterocycles. The number of nitrogens with zero attached hydrogens (tertiary/aromatic N) is 3. The van der Waals surface area contributed by atoms with E-state index in [-0.39, 0.29) is 24.1 Å². The predicted molar refractivity (Wildman–Crippen MR) is 130 cm³/mol. The Morgan fingerprint density at radius 3 is 2.17 bits per heavy atom. The second kappa shape index (κ2) is 10.1. The smallest absolute Gasteiger partial charge is 0.368 e. The molecule has 0 spiro atoms. The lowest BCUT2D eigenvalue weighted by Crippen LogP contribution is -2.39. The van der Waals surface area contributed by atoms with Crippen LogP contribution in [-0.4, -0.2) is 39.3 Å². The number of benzene rings is 2. The second-order valence-corrected chi connectivity index (χ2v) is 10.1. The molecule has 212 valence electrons. The van der Waals surface area contributed by atoms with E-state index in [2.05, 4.69) is 5.10 Å². The van der Waals surface area contributed by atoms with Crippen LogP contribution in [-0.2, 0) is 28.9 Å². The predicted octanol–water partition coefficient (Wildman–Crippen LogP) is 6.52. The topological polar surface area (TPSA) is 47.4 Å². The first kappa shape index (κ1) is 27.9. The van der Waals surface area contributed by atoms with Gasteiger partial charge in [-0.25, -0.2) is 4.39 Å². The van der Waals surface area contributed by atoms with E-state index in [0.717, 1.165) is 11.1 Å². The van der Waals surface area contributed by atoms with E-state index in [0.29, 0.717) is 24.1 Å². The minimum Gasteiger partial charge on any atom is -0.368 e. The zero-order valence-electron chi connectivity index (χ0n) is 21.3. The largest absolute Gasteiger partial charge is 0.416 e. The fourth-order valence-corrected chi connectivity index (χ4v) is 5.48. The standard InChI is InChI=1S/C28H24F7N3O2/c1-15(17-7-20(27(30,31)32)11-21(8-17)28(33,34)35)40-24-14-38-23(26(24)16-3-5-22(29)6-4-16)9-18(10-25(38)39)19-12-36-37(2)13-19/h3-8,10-13,15,23-24,26H,9,14H2,1-2H3/t15?,23?,24-,26?/m0/s1. The average Bonchev–Trinajstić information content (AvgIpc) is 3.47. The summed E-state index contributed by atoms with van der Waals surface area (Å²) in [5, 5.41) is 4.15. The summed E-state index contributed by atoms with van der Waals surface area (Å²) in [6.07, 6.45) is -6.70. The molecule has 1 aromatic heterocycles. The quantitative estimate of drug-likeness (QED) is 0.330. The van der Waals surface area contributed by atoms with Crippen LogP contribution in [0.4, 0.5) is 30.7 Å². The number of aromatic nitrogens is 2. The van der Waals surface area contributed by atoms with E-state index in [4.69, 9.17) is 4.74 Å². The van der Waals surface area contributed by atoms with Crippen molar-refractivity contribution in [2.24, 2.45) is 7.05 Å². The molecule has 0 aliphatic carbocycles. The van der Waals surface area contributed by atoms with Crippen molar-refractivity contribution in [3.8, 4) is 0 Å². The zero-order valence-corrected chi connectivity index (χ0v) is 21.3. The fourth-order valence-electron chi connectivity index (χ4n) is 5.48. The van der Waals surface area contributed by atoms with E-state index in [1.165, 1.54) is 25.1 Å². The van der Waals surface area contributed by atoms with Crippen LogP contribution in [0.25, 0.3) is 5.57 Å². The highest BCUT2D eigenvalue weighted by Gasteiger charge is 2.48. The van der Waals surface area contributed by atoms with Gasteiger partial charge in [0.05, 0.1) is 29.5 Å². The van der Waals surface area contributed by atoms with Crippen LogP contribution in [0.1, 0.15) is 53.2 Å². The van der Waals surface area contributed by atoms with Crippen LogP contribution in [0.2, 0.25) is 0 Å². The first-order valence-electron chi connectivity index (χ1n) is 12.4. The van der Waals surface area contributed by atoms with Gasteiger partial charge in [0, 0.05) is 43.4 Å². The number of carbonyl (C=O) groups excluding carboxylic acids is 1. The Labute approximate surface area is 224 Å². The fraction of sp³-hybridized carbons (Fsp3) is 0.357. The van der Waals surface area contributed by atoms with E-state index >= 15 is 0 Å². The van der Waals surface area contributed by atoms with Gasteiger partial charge in [0.1, 0.15) is 5.82 Å². The van der Waals surface area contributed by atoms with Crippen LogP contribution in [0.3, 0.4) is 0 Å². The average molecular weight is 568 g/mol. The van der Waals surface area contributed by atoms with Crippen molar-refractivity contribution in [2.75, 3.05) is 6.54 Å². The van der Waals surface area contributed by atoms with Gasteiger partial charge in [-0.3, -0.25) is 9.48 Å². The first-order valence-corrected chi connectivity index (χ1v) is 12.4. The summed E-state index contributed by atoms with van der Waals surface area (Å²) >= 11 is 0. The van der Waals surface area contributed by atoms with Crippen LogP contribution < -0.4 is 0 Å².